The highest BCUT2D eigenvalue weighted by Crippen LogP contribution is 2.15. The first-order chi connectivity index (χ1) is 12.2. The second-order valence-electron chi connectivity index (χ2n) is 5.97. The minimum atomic E-state index is 0.566. The molecule has 0 radical (unpaired) electrons. The van der Waals surface area contributed by atoms with Gasteiger partial charge in [-0.15, -0.1) is 0 Å². The molecule has 0 atom stereocenters. The van der Waals surface area contributed by atoms with E-state index < -0.39 is 0 Å². The number of thiocarbonyl (C=S) groups is 1. The van der Waals surface area contributed by atoms with E-state index in [-0.39, 0.29) is 0 Å². The third kappa shape index (κ3) is 5.16. The Morgan fingerprint density at radius 2 is 1.52 bits per heavy atom. The van der Waals surface area contributed by atoms with Crippen LogP contribution >= 0.6 is 12.2 Å². The highest BCUT2D eigenvalue weighted by Gasteiger charge is 2.02. The summed E-state index contributed by atoms with van der Waals surface area (Å²) < 4.78 is 5.83. The molecule has 3 heteroatoms. The van der Waals surface area contributed by atoms with Gasteiger partial charge in [0.1, 0.15) is 17.3 Å². The normalized spacial score (nSPS) is 10.3. The van der Waals surface area contributed by atoms with Crippen molar-refractivity contribution in [3.63, 3.8) is 0 Å². The predicted molar refractivity (Wildman–Crippen MR) is 107 cm³/mol. The molecule has 126 valence electrons. The summed E-state index contributed by atoms with van der Waals surface area (Å²) in [5.41, 5.74) is 4.62. The molecule has 0 spiro atoms. The molecule has 0 bridgehead atoms. The van der Waals surface area contributed by atoms with Crippen molar-refractivity contribution in [1.29, 1.82) is 0 Å². The van der Waals surface area contributed by atoms with E-state index in [4.69, 9.17) is 17.0 Å². The Morgan fingerprint density at radius 1 is 0.840 bits per heavy atom. The van der Waals surface area contributed by atoms with Gasteiger partial charge in [-0.1, -0.05) is 72.4 Å². The SMILES string of the molecule is Cc1ccc(COc2ccc(C(=S)NCc3ccccc3)cc2)cc1. The first kappa shape index (κ1) is 17.2. The fourth-order valence-electron chi connectivity index (χ4n) is 2.43. The van der Waals surface area contributed by atoms with Crippen molar-refractivity contribution >= 4 is 17.2 Å². The highest BCUT2D eigenvalue weighted by molar-refractivity contribution is 7.80. The molecule has 0 amide bonds. The molecule has 0 unspecified atom stereocenters. The van der Waals surface area contributed by atoms with Crippen LogP contribution in [0.1, 0.15) is 22.3 Å². The van der Waals surface area contributed by atoms with Crippen LogP contribution in [0.3, 0.4) is 0 Å². The summed E-state index contributed by atoms with van der Waals surface area (Å²) in [7, 11) is 0. The summed E-state index contributed by atoms with van der Waals surface area (Å²) in [6, 6.07) is 26.5. The topological polar surface area (TPSA) is 21.3 Å². The van der Waals surface area contributed by atoms with Crippen LogP contribution in [0.4, 0.5) is 0 Å². The molecular weight excluding hydrogens is 326 g/mol. The van der Waals surface area contributed by atoms with Crippen molar-refractivity contribution in [2.24, 2.45) is 0 Å². The lowest BCUT2D eigenvalue weighted by Crippen LogP contribution is -2.21. The van der Waals surface area contributed by atoms with Gasteiger partial charge in [0.05, 0.1) is 0 Å². The second kappa shape index (κ2) is 8.45. The highest BCUT2D eigenvalue weighted by atomic mass is 32.1. The van der Waals surface area contributed by atoms with E-state index in [9.17, 15) is 0 Å². The summed E-state index contributed by atoms with van der Waals surface area (Å²) >= 11 is 5.46. The first-order valence-electron chi connectivity index (χ1n) is 8.31. The third-order valence-corrected chi connectivity index (χ3v) is 4.32. The first-order valence-corrected chi connectivity index (χ1v) is 8.72. The summed E-state index contributed by atoms with van der Waals surface area (Å²) in [6.45, 7) is 3.37. The molecule has 0 aliphatic rings. The van der Waals surface area contributed by atoms with Crippen LogP contribution in [0, 0.1) is 6.92 Å². The number of nitrogens with one attached hydrogen (secondary N) is 1. The van der Waals surface area contributed by atoms with Gasteiger partial charge >= 0.3 is 0 Å². The summed E-state index contributed by atoms with van der Waals surface area (Å²) in [6.07, 6.45) is 0. The monoisotopic (exact) mass is 347 g/mol. The Morgan fingerprint density at radius 3 is 2.20 bits per heavy atom. The molecule has 0 aliphatic carbocycles. The molecule has 0 saturated carbocycles. The molecule has 0 saturated heterocycles. The molecule has 2 nitrogen and oxygen atoms in total. The fourth-order valence-corrected chi connectivity index (χ4v) is 2.64. The zero-order valence-electron chi connectivity index (χ0n) is 14.2. The average Bonchev–Trinajstić information content (AvgIpc) is 2.67. The minimum Gasteiger partial charge on any atom is -0.489 e. The van der Waals surface area contributed by atoms with Crippen LogP contribution in [-0.2, 0) is 13.2 Å². The molecular formula is C22H21NOS. The van der Waals surface area contributed by atoms with Crippen molar-refractivity contribution in [2.75, 3.05) is 0 Å². The molecule has 3 rings (SSSR count). The van der Waals surface area contributed by atoms with Crippen molar-refractivity contribution < 1.29 is 4.74 Å². The molecule has 3 aromatic rings. The van der Waals surface area contributed by atoms with E-state index in [1.807, 2.05) is 42.5 Å². The van der Waals surface area contributed by atoms with Crippen molar-refractivity contribution in [3.05, 3.63) is 101 Å². The molecule has 3 aromatic carbocycles. The Kier molecular flexibility index (Phi) is 5.81. The fraction of sp³-hybridized carbons (Fsp3) is 0.136. The van der Waals surface area contributed by atoms with Crippen LogP contribution in [-0.4, -0.2) is 4.99 Å². The van der Waals surface area contributed by atoms with Gasteiger partial charge in [0.15, 0.2) is 0 Å². The lowest BCUT2D eigenvalue weighted by molar-refractivity contribution is 0.306. The number of hydrogen-bond donors (Lipinski definition) is 1. The van der Waals surface area contributed by atoms with Crippen molar-refractivity contribution in [3.8, 4) is 5.75 Å². The quantitative estimate of drug-likeness (QED) is 0.631. The molecule has 1 N–H and O–H groups in total. The smallest absolute Gasteiger partial charge is 0.119 e. The van der Waals surface area contributed by atoms with Gasteiger partial charge in [-0.25, -0.2) is 0 Å². The van der Waals surface area contributed by atoms with E-state index in [2.05, 4.69) is 48.6 Å². The average molecular weight is 347 g/mol. The maximum absolute atomic E-state index is 5.83. The van der Waals surface area contributed by atoms with Crippen LogP contribution in [0.25, 0.3) is 0 Å². The molecule has 0 heterocycles. The standard InChI is InChI=1S/C22H21NOS/c1-17-7-9-19(10-8-17)16-24-21-13-11-20(12-14-21)22(25)23-15-18-5-3-2-4-6-18/h2-14H,15-16H2,1H3,(H,23,25). The molecule has 25 heavy (non-hydrogen) atoms. The largest absolute Gasteiger partial charge is 0.489 e. The number of benzene rings is 3. The van der Waals surface area contributed by atoms with Crippen LogP contribution in [0.2, 0.25) is 0 Å². The van der Waals surface area contributed by atoms with Gasteiger partial charge < -0.3 is 10.1 Å². The lowest BCUT2D eigenvalue weighted by Gasteiger charge is -2.10. The van der Waals surface area contributed by atoms with Gasteiger partial charge in [-0.05, 0) is 42.3 Å². The Hall–Kier alpha value is -2.65. The maximum Gasteiger partial charge on any atom is 0.119 e. The van der Waals surface area contributed by atoms with Gasteiger partial charge in [-0.2, -0.15) is 0 Å². The number of aryl methyl sites for hydroxylation is 1. The summed E-state index contributed by atoms with van der Waals surface area (Å²) in [5, 5.41) is 3.29. The molecule has 0 aromatic heterocycles. The van der Waals surface area contributed by atoms with E-state index in [1.165, 1.54) is 11.1 Å². The summed E-state index contributed by atoms with van der Waals surface area (Å²) in [5.74, 6) is 0.843. The minimum absolute atomic E-state index is 0.566. The zero-order valence-corrected chi connectivity index (χ0v) is 15.1. The van der Waals surface area contributed by atoms with Crippen LogP contribution in [0.5, 0.6) is 5.75 Å². The predicted octanol–water partition coefficient (Wildman–Crippen LogP) is 5.04. The van der Waals surface area contributed by atoms with Gasteiger partial charge in [0.25, 0.3) is 0 Å². The van der Waals surface area contributed by atoms with Crippen molar-refractivity contribution in [1.82, 2.24) is 5.32 Å². The number of hydrogen-bond acceptors (Lipinski definition) is 2. The van der Waals surface area contributed by atoms with Crippen LogP contribution in [0.15, 0.2) is 78.9 Å². The van der Waals surface area contributed by atoms with E-state index >= 15 is 0 Å². The molecule has 0 aliphatic heterocycles. The van der Waals surface area contributed by atoms with Gasteiger partial charge in [0.2, 0.25) is 0 Å². The summed E-state index contributed by atoms with van der Waals surface area (Å²) in [4.78, 5) is 0.744. The Bertz CT molecular complexity index is 811. The van der Waals surface area contributed by atoms with Gasteiger partial charge in [0, 0.05) is 12.1 Å². The number of rotatable bonds is 6. The Balaban J connectivity index is 1.52. The van der Waals surface area contributed by atoms with E-state index in [1.54, 1.807) is 0 Å². The van der Waals surface area contributed by atoms with E-state index in [0.717, 1.165) is 28.4 Å². The number of ether oxygens (including phenoxy) is 1. The van der Waals surface area contributed by atoms with Crippen LogP contribution < -0.4 is 10.1 Å². The van der Waals surface area contributed by atoms with Gasteiger partial charge in [-0.3, -0.25) is 0 Å². The van der Waals surface area contributed by atoms with E-state index in [0.29, 0.717) is 6.61 Å². The maximum atomic E-state index is 5.83. The molecule has 0 fully saturated rings. The van der Waals surface area contributed by atoms with Crippen molar-refractivity contribution in [2.45, 2.75) is 20.1 Å². The lowest BCUT2D eigenvalue weighted by atomic mass is 10.1. The zero-order chi connectivity index (χ0) is 17.5. The second-order valence-corrected chi connectivity index (χ2v) is 6.38. The third-order valence-electron chi connectivity index (χ3n) is 3.94. The Labute approximate surface area is 154 Å².